The lowest BCUT2D eigenvalue weighted by molar-refractivity contribution is -0.130. The molecule has 0 aromatic rings. The predicted octanol–water partition coefficient (Wildman–Crippen LogP) is 2.17. The van der Waals surface area contributed by atoms with Crippen molar-refractivity contribution in [2.45, 2.75) is 51.7 Å². The SMILES string of the molecule is C/C=C/C(C(=O)NC(C)(C)C)C1(O)C=CCC1. The predicted molar refractivity (Wildman–Crippen MR) is 69.5 cm³/mol. The van der Waals surface area contributed by atoms with Gasteiger partial charge in [-0.05, 0) is 40.5 Å². The van der Waals surface area contributed by atoms with Crippen molar-refractivity contribution in [3.63, 3.8) is 0 Å². The van der Waals surface area contributed by atoms with E-state index < -0.39 is 11.5 Å². The summed E-state index contributed by atoms with van der Waals surface area (Å²) in [6.45, 7) is 7.67. The Morgan fingerprint density at radius 2 is 2.18 bits per heavy atom. The fourth-order valence-corrected chi connectivity index (χ4v) is 2.07. The maximum Gasteiger partial charge on any atom is 0.230 e. The first-order valence-electron chi connectivity index (χ1n) is 6.13. The molecule has 0 saturated carbocycles. The third-order valence-electron chi connectivity index (χ3n) is 2.82. The highest BCUT2D eigenvalue weighted by Gasteiger charge is 2.39. The molecule has 0 radical (unpaired) electrons. The van der Waals surface area contributed by atoms with E-state index in [1.807, 2.05) is 39.8 Å². The lowest BCUT2D eigenvalue weighted by Gasteiger charge is -2.31. The first-order chi connectivity index (χ1) is 7.78. The van der Waals surface area contributed by atoms with E-state index in [0.29, 0.717) is 6.42 Å². The van der Waals surface area contributed by atoms with E-state index in [1.165, 1.54) is 0 Å². The van der Waals surface area contributed by atoms with Crippen LogP contribution in [0.25, 0.3) is 0 Å². The van der Waals surface area contributed by atoms with Crippen molar-refractivity contribution in [2.75, 3.05) is 0 Å². The molecular weight excluding hydrogens is 214 g/mol. The van der Waals surface area contributed by atoms with E-state index in [9.17, 15) is 9.90 Å². The second-order valence-electron chi connectivity index (χ2n) is 5.67. The third-order valence-corrected chi connectivity index (χ3v) is 2.82. The summed E-state index contributed by atoms with van der Waals surface area (Å²) in [6, 6.07) is 0. The van der Waals surface area contributed by atoms with Gasteiger partial charge in [-0.2, -0.15) is 0 Å². The number of carbonyl (C=O) groups excluding carboxylic acids is 1. The monoisotopic (exact) mass is 237 g/mol. The Morgan fingerprint density at radius 3 is 2.59 bits per heavy atom. The standard InChI is InChI=1S/C14H23NO2/c1-5-8-11(12(16)15-13(2,3)4)14(17)9-6-7-10-14/h5-6,8-9,11,17H,7,10H2,1-4H3,(H,15,16)/b8-5+. The molecule has 2 atom stereocenters. The number of nitrogens with one attached hydrogen (secondary N) is 1. The molecule has 1 aliphatic carbocycles. The van der Waals surface area contributed by atoms with Crippen molar-refractivity contribution in [1.82, 2.24) is 5.32 Å². The molecular formula is C14H23NO2. The van der Waals surface area contributed by atoms with Crippen LogP contribution in [-0.2, 0) is 4.79 Å². The molecule has 0 bridgehead atoms. The van der Waals surface area contributed by atoms with Crippen molar-refractivity contribution in [3.8, 4) is 0 Å². The molecule has 0 spiro atoms. The van der Waals surface area contributed by atoms with Gasteiger partial charge in [-0.15, -0.1) is 0 Å². The Balaban J connectivity index is 2.86. The Hall–Kier alpha value is -1.09. The molecule has 2 N–H and O–H groups in total. The second-order valence-corrected chi connectivity index (χ2v) is 5.67. The summed E-state index contributed by atoms with van der Waals surface area (Å²) in [7, 11) is 0. The fourth-order valence-electron chi connectivity index (χ4n) is 2.07. The van der Waals surface area contributed by atoms with Crippen LogP contribution in [0, 0.1) is 5.92 Å². The zero-order valence-corrected chi connectivity index (χ0v) is 11.2. The Morgan fingerprint density at radius 1 is 1.53 bits per heavy atom. The number of aliphatic hydroxyl groups is 1. The zero-order chi connectivity index (χ0) is 13.1. The van der Waals surface area contributed by atoms with E-state index in [0.717, 1.165) is 6.42 Å². The van der Waals surface area contributed by atoms with E-state index >= 15 is 0 Å². The Labute approximate surface area is 104 Å². The van der Waals surface area contributed by atoms with Gasteiger partial charge in [-0.1, -0.05) is 24.3 Å². The van der Waals surface area contributed by atoms with Gasteiger partial charge in [-0.25, -0.2) is 0 Å². The van der Waals surface area contributed by atoms with E-state index in [2.05, 4.69) is 5.32 Å². The molecule has 0 fully saturated rings. The minimum Gasteiger partial charge on any atom is -0.385 e. The maximum absolute atomic E-state index is 12.2. The van der Waals surface area contributed by atoms with E-state index in [-0.39, 0.29) is 11.4 Å². The first-order valence-corrected chi connectivity index (χ1v) is 6.13. The van der Waals surface area contributed by atoms with Gasteiger partial charge in [0.1, 0.15) is 0 Å². The van der Waals surface area contributed by atoms with Crippen molar-refractivity contribution < 1.29 is 9.90 Å². The van der Waals surface area contributed by atoms with Crippen LogP contribution in [-0.4, -0.2) is 22.2 Å². The smallest absolute Gasteiger partial charge is 0.230 e. The number of allylic oxidation sites excluding steroid dienone is 2. The topological polar surface area (TPSA) is 49.3 Å². The molecule has 17 heavy (non-hydrogen) atoms. The van der Waals surface area contributed by atoms with Crippen molar-refractivity contribution >= 4 is 5.91 Å². The minimum absolute atomic E-state index is 0.121. The Bertz CT molecular complexity index is 339. The van der Waals surface area contributed by atoms with Crippen LogP contribution >= 0.6 is 0 Å². The summed E-state index contributed by atoms with van der Waals surface area (Å²) < 4.78 is 0. The van der Waals surface area contributed by atoms with Gasteiger partial charge in [0.25, 0.3) is 0 Å². The number of amides is 1. The molecule has 1 aliphatic rings. The van der Waals surface area contributed by atoms with Crippen LogP contribution in [0.4, 0.5) is 0 Å². The van der Waals surface area contributed by atoms with E-state index in [1.54, 1.807) is 12.2 Å². The molecule has 0 aromatic heterocycles. The van der Waals surface area contributed by atoms with Gasteiger partial charge in [0.2, 0.25) is 5.91 Å². The summed E-state index contributed by atoms with van der Waals surface area (Å²) in [5.74, 6) is -0.630. The molecule has 96 valence electrons. The largest absolute Gasteiger partial charge is 0.385 e. The zero-order valence-electron chi connectivity index (χ0n) is 11.2. The summed E-state index contributed by atoms with van der Waals surface area (Å²) in [6.07, 6.45) is 8.71. The molecule has 3 heteroatoms. The highest BCUT2D eigenvalue weighted by molar-refractivity contribution is 5.82. The van der Waals surface area contributed by atoms with Crippen molar-refractivity contribution in [1.29, 1.82) is 0 Å². The molecule has 0 aliphatic heterocycles. The number of hydrogen-bond acceptors (Lipinski definition) is 2. The molecule has 0 heterocycles. The normalized spacial score (nSPS) is 26.4. The first kappa shape index (κ1) is 14.0. The van der Waals surface area contributed by atoms with Gasteiger partial charge < -0.3 is 10.4 Å². The number of rotatable bonds is 3. The third kappa shape index (κ3) is 3.70. The molecule has 3 nitrogen and oxygen atoms in total. The van der Waals surface area contributed by atoms with Crippen molar-refractivity contribution in [3.05, 3.63) is 24.3 Å². The molecule has 0 aromatic carbocycles. The van der Waals surface area contributed by atoms with Gasteiger partial charge in [0.05, 0.1) is 11.5 Å². The lowest BCUT2D eigenvalue weighted by atomic mass is 9.85. The van der Waals surface area contributed by atoms with Gasteiger partial charge in [0.15, 0.2) is 0 Å². The van der Waals surface area contributed by atoms with Crippen LogP contribution in [0.1, 0.15) is 40.5 Å². The quantitative estimate of drug-likeness (QED) is 0.739. The van der Waals surface area contributed by atoms with Crippen LogP contribution in [0.15, 0.2) is 24.3 Å². The molecule has 1 rings (SSSR count). The van der Waals surface area contributed by atoms with Crippen LogP contribution in [0.2, 0.25) is 0 Å². The number of carbonyl (C=O) groups is 1. The summed E-state index contributed by atoms with van der Waals surface area (Å²) in [5.41, 5.74) is -1.31. The fraction of sp³-hybridized carbons (Fsp3) is 0.643. The highest BCUT2D eigenvalue weighted by Crippen LogP contribution is 2.31. The number of hydrogen-bond donors (Lipinski definition) is 2. The Kier molecular flexibility index (Phi) is 4.15. The summed E-state index contributed by atoms with van der Waals surface area (Å²) in [4.78, 5) is 12.2. The van der Waals surface area contributed by atoms with Crippen LogP contribution < -0.4 is 5.32 Å². The summed E-state index contributed by atoms with van der Waals surface area (Å²) >= 11 is 0. The second kappa shape index (κ2) is 5.05. The lowest BCUT2D eigenvalue weighted by Crippen LogP contribution is -2.49. The molecule has 0 saturated heterocycles. The van der Waals surface area contributed by atoms with Crippen LogP contribution in [0.3, 0.4) is 0 Å². The van der Waals surface area contributed by atoms with Gasteiger partial charge in [-0.3, -0.25) is 4.79 Å². The van der Waals surface area contributed by atoms with Gasteiger partial charge in [0, 0.05) is 5.54 Å². The van der Waals surface area contributed by atoms with Crippen molar-refractivity contribution in [2.24, 2.45) is 5.92 Å². The maximum atomic E-state index is 12.2. The summed E-state index contributed by atoms with van der Waals surface area (Å²) in [5, 5.41) is 13.4. The minimum atomic E-state index is -1.03. The average molecular weight is 237 g/mol. The molecule has 1 amide bonds. The molecule has 2 unspecified atom stereocenters. The average Bonchev–Trinajstić information content (AvgIpc) is 2.59. The highest BCUT2D eigenvalue weighted by atomic mass is 16.3. The van der Waals surface area contributed by atoms with Crippen LogP contribution in [0.5, 0.6) is 0 Å². The van der Waals surface area contributed by atoms with Gasteiger partial charge >= 0.3 is 0 Å². The van der Waals surface area contributed by atoms with E-state index in [4.69, 9.17) is 0 Å².